The molecule has 1 saturated heterocycles. The predicted octanol–water partition coefficient (Wildman–Crippen LogP) is 2.86. The predicted molar refractivity (Wildman–Crippen MR) is 74.1 cm³/mol. The van der Waals surface area contributed by atoms with Crippen molar-refractivity contribution in [3.63, 3.8) is 0 Å². The molecule has 1 aliphatic heterocycles. The fraction of sp³-hybridized carbons (Fsp3) is 0.562. The van der Waals surface area contributed by atoms with E-state index in [2.05, 4.69) is 29.2 Å². The number of nitrogens with zero attached hydrogens (tertiary/aromatic N) is 1. The number of hydrogen-bond acceptors (Lipinski definition) is 2. The van der Waals surface area contributed by atoms with E-state index in [9.17, 15) is 9.90 Å². The van der Waals surface area contributed by atoms with Crippen LogP contribution in [0, 0.1) is 5.41 Å². The average molecular weight is 259 g/mol. The highest BCUT2D eigenvalue weighted by atomic mass is 16.4. The highest BCUT2D eigenvalue weighted by Gasteiger charge is 2.39. The molecule has 1 aliphatic carbocycles. The summed E-state index contributed by atoms with van der Waals surface area (Å²) in [4.78, 5) is 13.8. The van der Waals surface area contributed by atoms with Gasteiger partial charge in [0.1, 0.15) is 0 Å². The number of rotatable bonds is 2. The molecule has 1 aromatic carbocycles. The molecule has 1 fully saturated rings. The Morgan fingerprint density at radius 1 is 1.32 bits per heavy atom. The van der Waals surface area contributed by atoms with Crippen LogP contribution in [0.1, 0.15) is 43.4 Å². The maximum absolute atomic E-state index is 11.3. The summed E-state index contributed by atoms with van der Waals surface area (Å²) in [5, 5.41) is 9.29. The highest BCUT2D eigenvalue weighted by molar-refractivity contribution is 5.74. The molecular formula is C16H21NO2. The van der Waals surface area contributed by atoms with Crippen molar-refractivity contribution in [2.45, 2.75) is 38.6 Å². The van der Waals surface area contributed by atoms with Crippen molar-refractivity contribution in [3.05, 3.63) is 35.4 Å². The number of carboxylic acid groups (broad SMARTS) is 1. The smallest absolute Gasteiger partial charge is 0.309 e. The van der Waals surface area contributed by atoms with Crippen molar-refractivity contribution in [2.75, 3.05) is 13.1 Å². The van der Waals surface area contributed by atoms with Crippen LogP contribution in [0.4, 0.5) is 0 Å². The van der Waals surface area contributed by atoms with Crippen LogP contribution in [0.15, 0.2) is 24.3 Å². The van der Waals surface area contributed by atoms with Crippen molar-refractivity contribution in [1.29, 1.82) is 0 Å². The molecule has 102 valence electrons. The fourth-order valence-electron chi connectivity index (χ4n) is 3.46. The number of likely N-dealkylation sites (tertiary alicyclic amines) is 1. The highest BCUT2D eigenvalue weighted by Crippen LogP contribution is 2.40. The number of aryl methyl sites for hydroxylation is 1. The zero-order valence-electron chi connectivity index (χ0n) is 11.4. The Balaban J connectivity index is 1.72. The maximum Gasteiger partial charge on any atom is 0.309 e. The van der Waals surface area contributed by atoms with Gasteiger partial charge in [-0.25, -0.2) is 0 Å². The third kappa shape index (κ3) is 2.16. The summed E-state index contributed by atoms with van der Waals surface area (Å²) in [5.74, 6) is -0.640. The van der Waals surface area contributed by atoms with Crippen LogP contribution in [0.25, 0.3) is 0 Å². The Labute approximate surface area is 114 Å². The normalized spacial score (nSPS) is 26.1. The van der Waals surface area contributed by atoms with Crippen LogP contribution in [0.3, 0.4) is 0 Å². The van der Waals surface area contributed by atoms with Crippen LogP contribution in [0.2, 0.25) is 0 Å². The molecule has 2 aliphatic rings. The van der Waals surface area contributed by atoms with Crippen molar-refractivity contribution in [1.82, 2.24) is 4.90 Å². The second-order valence-corrected chi connectivity index (χ2v) is 6.16. The number of carbonyl (C=O) groups is 1. The summed E-state index contributed by atoms with van der Waals surface area (Å²) in [6, 6.07) is 9.19. The lowest BCUT2D eigenvalue weighted by molar-refractivity contribution is -0.151. The van der Waals surface area contributed by atoms with E-state index < -0.39 is 11.4 Å². The van der Waals surface area contributed by atoms with Crippen LogP contribution < -0.4 is 0 Å². The number of fused-ring (bicyclic) bond motifs is 1. The summed E-state index contributed by atoms with van der Waals surface area (Å²) in [6.45, 7) is 3.69. The summed E-state index contributed by atoms with van der Waals surface area (Å²) >= 11 is 0. The Hall–Kier alpha value is -1.35. The minimum absolute atomic E-state index is 0.509. The Morgan fingerprint density at radius 2 is 2.00 bits per heavy atom. The Kier molecular flexibility index (Phi) is 3.09. The first-order chi connectivity index (χ1) is 9.10. The standard InChI is InChI=1S/C16H21NO2/c1-16(15(18)19)8-10-17(11-9-16)14-7-6-12-4-2-3-5-13(12)14/h2-5,14H,6-11H2,1H3,(H,18,19). The fourth-order valence-corrected chi connectivity index (χ4v) is 3.46. The molecule has 0 spiro atoms. The molecule has 1 heterocycles. The van der Waals surface area contributed by atoms with Gasteiger partial charge < -0.3 is 5.11 Å². The summed E-state index contributed by atoms with van der Waals surface area (Å²) in [5.41, 5.74) is 2.41. The van der Waals surface area contributed by atoms with Gasteiger partial charge in [-0.05, 0) is 56.8 Å². The Bertz CT molecular complexity index is 489. The maximum atomic E-state index is 11.3. The zero-order valence-corrected chi connectivity index (χ0v) is 11.4. The van der Waals surface area contributed by atoms with Crippen LogP contribution >= 0.6 is 0 Å². The van der Waals surface area contributed by atoms with Gasteiger partial charge in [-0.15, -0.1) is 0 Å². The first-order valence-electron chi connectivity index (χ1n) is 7.15. The molecule has 3 rings (SSSR count). The van der Waals surface area contributed by atoms with E-state index in [-0.39, 0.29) is 0 Å². The molecule has 1 atom stereocenters. The number of piperidine rings is 1. The number of benzene rings is 1. The van der Waals surface area contributed by atoms with Gasteiger partial charge in [0, 0.05) is 6.04 Å². The number of aliphatic carboxylic acids is 1. The van der Waals surface area contributed by atoms with E-state index in [1.165, 1.54) is 17.5 Å². The summed E-state index contributed by atoms with van der Waals surface area (Å²) in [7, 11) is 0. The molecule has 0 aromatic heterocycles. The lowest BCUT2D eigenvalue weighted by Gasteiger charge is -2.39. The van der Waals surface area contributed by atoms with E-state index in [1.807, 2.05) is 6.92 Å². The first-order valence-corrected chi connectivity index (χ1v) is 7.15. The van der Waals surface area contributed by atoms with Crippen molar-refractivity contribution in [2.24, 2.45) is 5.41 Å². The summed E-state index contributed by atoms with van der Waals surface area (Å²) < 4.78 is 0. The molecule has 0 amide bonds. The van der Waals surface area contributed by atoms with Crippen LogP contribution in [-0.2, 0) is 11.2 Å². The molecular weight excluding hydrogens is 238 g/mol. The molecule has 1 aromatic rings. The lowest BCUT2D eigenvalue weighted by atomic mass is 9.80. The van der Waals surface area contributed by atoms with E-state index >= 15 is 0 Å². The minimum atomic E-state index is -0.640. The minimum Gasteiger partial charge on any atom is -0.481 e. The van der Waals surface area contributed by atoms with Crippen LogP contribution in [0.5, 0.6) is 0 Å². The second kappa shape index (κ2) is 4.64. The van der Waals surface area contributed by atoms with Gasteiger partial charge in [0.05, 0.1) is 5.41 Å². The molecule has 3 nitrogen and oxygen atoms in total. The van der Waals surface area contributed by atoms with Gasteiger partial charge in [-0.2, -0.15) is 0 Å². The topological polar surface area (TPSA) is 40.5 Å². The van der Waals surface area contributed by atoms with Gasteiger partial charge in [0.25, 0.3) is 0 Å². The molecule has 0 bridgehead atoms. The van der Waals surface area contributed by atoms with Gasteiger partial charge in [0.2, 0.25) is 0 Å². The van der Waals surface area contributed by atoms with E-state index in [4.69, 9.17) is 0 Å². The SMILES string of the molecule is CC1(C(=O)O)CCN(C2CCc3ccccc32)CC1. The second-order valence-electron chi connectivity index (χ2n) is 6.16. The molecule has 1 unspecified atom stereocenters. The molecule has 19 heavy (non-hydrogen) atoms. The zero-order chi connectivity index (χ0) is 13.5. The largest absolute Gasteiger partial charge is 0.481 e. The first kappa shape index (κ1) is 12.7. The van der Waals surface area contributed by atoms with Gasteiger partial charge in [-0.3, -0.25) is 9.69 Å². The molecule has 3 heteroatoms. The van der Waals surface area contributed by atoms with Crippen molar-refractivity contribution < 1.29 is 9.90 Å². The van der Waals surface area contributed by atoms with Crippen molar-refractivity contribution in [3.8, 4) is 0 Å². The quantitative estimate of drug-likeness (QED) is 0.888. The summed E-state index contributed by atoms with van der Waals surface area (Å²) in [6.07, 6.45) is 3.87. The van der Waals surface area contributed by atoms with Gasteiger partial charge in [0.15, 0.2) is 0 Å². The van der Waals surface area contributed by atoms with Crippen molar-refractivity contribution >= 4 is 5.97 Å². The third-order valence-electron chi connectivity index (χ3n) is 4.96. The van der Waals surface area contributed by atoms with Gasteiger partial charge in [-0.1, -0.05) is 24.3 Å². The third-order valence-corrected chi connectivity index (χ3v) is 4.96. The van der Waals surface area contributed by atoms with E-state index in [0.29, 0.717) is 6.04 Å². The van der Waals surface area contributed by atoms with Crippen LogP contribution in [-0.4, -0.2) is 29.1 Å². The molecule has 0 radical (unpaired) electrons. The Morgan fingerprint density at radius 3 is 2.68 bits per heavy atom. The molecule has 0 saturated carbocycles. The average Bonchev–Trinajstić information content (AvgIpc) is 2.83. The van der Waals surface area contributed by atoms with E-state index in [1.54, 1.807) is 0 Å². The lowest BCUT2D eigenvalue weighted by Crippen LogP contribution is -2.43. The van der Waals surface area contributed by atoms with Gasteiger partial charge >= 0.3 is 5.97 Å². The monoisotopic (exact) mass is 259 g/mol. The number of carboxylic acids is 1. The van der Waals surface area contributed by atoms with E-state index in [0.717, 1.165) is 32.4 Å². The molecule has 1 N–H and O–H groups in total. The number of hydrogen-bond donors (Lipinski definition) is 1.